The summed E-state index contributed by atoms with van der Waals surface area (Å²) in [6.45, 7) is 2.06. The molecule has 3 rings (SSSR count). The van der Waals surface area contributed by atoms with Crippen molar-refractivity contribution in [2.45, 2.75) is 13.5 Å². The number of rotatable bonds is 6. The molecule has 0 aliphatic heterocycles. The third-order valence-electron chi connectivity index (χ3n) is 3.63. The smallest absolute Gasteiger partial charge is 0.275 e. The summed E-state index contributed by atoms with van der Waals surface area (Å²) in [5, 5.41) is 5.84. The van der Waals surface area contributed by atoms with Gasteiger partial charge in [-0.15, -0.1) is 0 Å². The minimum Gasteiger partial charge on any atom is -0.365 e. The highest BCUT2D eigenvalue weighted by molar-refractivity contribution is 6.03. The normalized spacial score (nSPS) is 10.2. The van der Waals surface area contributed by atoms with Crippen molar-refractivity contribution in [3.8, 4) is 0 Å². The van der Waals surface area contributed by atoms with E-state index in [9.17, 15) is 9.59 Å². The number of hydrogen-bond acceptors (Lipinski definition) is 6. The molecule has 0 fully saturated rings. The van der Waals surface area contributed by atoms with E-state index in [1.165, 1.54) is 19.3 Å². The van der Waals surface area contributed by atoms with Gasteiger partial charge < -0.3 is 10.6 Å². The molecule has 1 aromatic carbocycles. The zero-order valence-electron chi connectivity index (χ0n) is 14.1. The van der Waals surface area contributed by atoms with Gasteiger partial charge in [-0.3, -0.25) is 14.6 Å². The Bertz CT molecular complexity index is 893. The molecule has 2 heterocycles. The number of carbonyl (C=O) groups is 2. The molecule has 0 saturated carbocycles. The lowest BCUT2D eigenvalue weighted by molar-refractivity contribution is 0.101. The Kier molecular flexibility index (Phi) is 5.28. The van der Waals surface area contributed by atoms with Gasteiger partial charge in [0.25, 0.3) is 5.91 Å². The van der Waals surface area contributed by atoms with Crippen LogP contribution in [0, 0.1) is 0 Å². The van der Waals surface area contributed by atoms with Crippen LogP contribution in [0.2, 0.25) is 0 Å². The highest BCUT2D eigenvalue weighted by Gasteiger charge is 2.09. The molecule has 0 saturated heterocycles. The van der Waals surface area contributed by atoms with Crippen LogP contribution in [0.4, 0.5) is 11.5 Å². The van der Waals surface area contributed by atoms with Crippen LogP contribution in [0.25, 0.3) is 0 Å². The number of nitrogens with zero attached hydrogens (tertiary/aromatic N) is 3. The summed E-state index contributed by atoms with van der Waals surface area (Å²) in [5.74, 6) is 0.172. The van der Waals surface area contributed by atoms with Crippen LogP contribution in [0.1, 0.15) is 33.3 Å². The monoisotopic (exact) mass is 347 g/mol. The van der Waals surface area contributed by atoms with Crippen molar-refractivity contribution in [3.05, 3.63) is 78.0 Å². The molecular weight excluding hydrogens is 330 g/mol. The first-order valence-corrected chi connectivity index (χ1v) is 7.99. The molecule has 130 valence electrons. The van der Waals surface area contributed by atoms with Crippen LogP contribution in [0.5, 0.6) is 0 Å². The zero-order chi connectivity index (χ0) is 18.4. The number of Topliss-reactive ketones (excluding diaryl/α,β-unsaturated/α-hetero) is 1. The molecule has 0 aliphatic carbocycles. The maximum absolute atomic E-state index is 12.2. The summed E-state index contributed by atoms with van der Waals surface area (Å²) in [7, 11) is 0. The second kappa shape index (κ2) is 7.98. The fourth-order valence-electron chi connectivity index (χ4n) is 2.22. The van der Waals surface area contributed by atoms with Gasteiger partial charge in [0.1, 0.15) is 11.5 Å². The number of anilines is 2. The van der Waals surface area contributed by atoms with Crippen LogP contribution < -0.4 is 10.6 Å². The molecule has 2 aromatic heterocycles. The van der Waals surface area contributed by atoms with Crippen LogP contribution in [0.15, 0.2) is 61.2 Å². The largest absolute Gasteiger partial charge is 0.365 e. The van der Waals surface area contributed by atoms with Crippen molar-refractivity contribution in [2.24, 2.45) is 0 Å². The third kappa shape index (κ3) is 4.47. The molecular formula is C19H17N5O2. The molecule has 3 aromatic rings. The first-order chi connectivity index (χ1) is 12.6. The van der Waals surface area contributed by atoms with E-state index < -0.39 is 0 Å². The molecule has 0 radical (unpaired) electrons. The summed E-state index contributed by atoms with van der Waals surface area (Å²) in [6, 6.07) is 10.5. The predicted octanol–water partition coefficient (Wildman–Crippen LogP) is 2.94. The molecule has 0 atom stereocenters. The van der Waals surface area contributed by atoms with Crippen molar-refractivity contribution in [2.75, 3.05) is 10.6 Å². The maximum atomic E-state index is 12.2. The molecule has 7 heteroatoms. The number of hydrogen-bond donors (Lipinski definition) is 2. The number of carbonyl (C=O) groups excluding carboxylic acids is 2. The molecule has 0 bridgehead atoms. The van der Waals surface area contributed by atoms with Crippen molar-refractivity contribution in [1.29, 1.82) is 0 Å². The average molecular weight is 347 g/mol. The first kappa shape index (κ1) is 17.2. The van der Waals surface area contributed by atoms with Gasteiger partial charge >= 0.3 is 0 Å². The molecule has 0 unspecified atom stereocenters. The lowest BCUT2D eigenvalue weighted by Gasteiger charge is -2.07. The predicted molar refractivity (Wildman–Crippen MR) is 98.0 cm³/mol. The van der Waals surface area contributed by atoms with E-state index in [1.807, 2.05) is 12.1 Å². The van der Waals surface area contributed by atoms with Crippen LogP contribution in [0.3, 0.4) is 0 Å². The number of nitrogens with one attached hydrogen (secondary N) is 2. The van der Waals surface area contributed by atoms with E-state index in [1.54, 1.807) is 36.7 Å². The van der Waals surface area contributed by atoms with E-state index in [4.69, 9.17) is 0 Å². The Morgan fingerprint density at radius 1 is 1.00 bits per heavy atom. The van der Waals surface area contributed by atoms with Gasteiger partial charge in [0.05, 0.1) is 12.4 Å². The van der Waals surface area contributed by atoms with E-state index in [-0.39, 0.29) is 17.4 Å². The van der Waals surface area contributed by atoms with Crippen LogP contribution >= 0.6 is 0 Å². The van der Waals surface area contributed by atoms with E-state index in [0.717, 1.165) is 5.56 Å². The zero-order valence-corrected chi connectivity index (χ0v) is 14.1. The Hall–Kier alpha value is -3.61. The SMILES string of the molecule is CC(=O)c1ccc(NC(=O)c2cnc(NCc3cccnc3)cn2)cc1. The molecule has 26 heavy (non-hydrogen) atoms. The Morgan fingerprint density at radius 2 is 1.81 bits per heavy atom. The van der Waals surface area contributed by atoms with Gasteiger partial charge in [-0.25, -0.2) is 9.97 Å². The van der Waals surface area contributed by atoms with Gasteiger partial charge in [0.2, 0.25) is 0 Å². The van der Waals surface area contributed by atoms with Crippen molar-refractivity contribution in [1.82, 2.24) is 15.0 Å². The quantitative estimate of drug-likeness (QED) is 0.666. The number of ketones is 1. The summed E-state index contributed by atoms with van der Waals surface area (Å²) in [4.78, 5) is 35.8. The van der Waals surface area contributed by atoms with Gasteiger partial charge in [-0.2, -0.15) is 0 Å². The van der Waals surface area contributed by atoms with Gasteiger partial charge in [-0.1, -0.05) is 6.07 Å². The van der Waals surface area contributed by atoms with Crippen molar-refractivity contribution >= 4 is 23.2 Å². The highest BCUT2D eigenvalue weighted by Crippen LogP contribution is 2.12. The number of amides is 1. The molecule has 7 nitrogen and oxygen atoms in total. The number of benzene rings is 1. The van der Waals surface area contributed by atoms with E-state index >= 15 is 0 Å². The Morgan fingerprint density at radius 3 is 2.42 bits per heavy atom. The molecule has 1 amide bonds. The summed E-state index contributed by atoms with van der Waals surface area (Å²) in [5.41, 5.74) is 2.39. The fourth-order valence-corrected chi connectivity index (χ4v) is 2.22. The number of pyridine rings is 1. The third-order valence-corrected chi connectivity index (χ3v) is 3.63. The van der Waals surface area contributed by atoms with E-state index in [2.05, 4.69) is 25.6 Å². The Labute approximate surface area is 150 Å². The topological polar surface area (TPSA) is 96.9 Å². The highest BCUT2D eigenvalue weighted by atomic mass is 16.2. The molecule has 0 aliphatic rings. The minimum atomic E-state index is -0.369. The second-order valence-corrected chi connectivity index (χ2v) is 5.59. The summed E-state index contributed by atoms with van der Waals surface area (Å²) < 4.78 is 0. The summed E-state index contributed by atoms with van der Waals surface area (Å²) in [6.07, 6.45) is 6.39. The van der Waals surface area contributed by atoms with E-state index in [0.29, 0.717) is 23.6 Å². The van der Waals surface area contributed by atoms with Crippen molar-refractivity contribution in [3.63, 3.8) is 0 Å². The maximum Gasteiger partial charge on any atom is 0.275 e. The van der Waals surface area contributed by atoms with Gasteiger partial charge in [0.15, 0.2) is 5.78 Å². The second-order valence-electron chi connectivity index (χ2n) is 5.59. The molecule has 2 N–H and O–H groups in total. The lowest BCUT2D eigenvalue weighted by Crippen LogP contribution is -2.14. The fraction of sp³-hybridized carbons (Fsp3) is 0.105. The first-order valence-electron chi connectivity index (χ1n) is 7.99. The van der Waals surface area contributed by atoms with Crippen LogP contribution in [-0.4, -0.2) is 26.6 Å². The van der Waals surface area contributed by atoms with Gasteiger partial charge in [-0.05, 0) is 42.8 Å². The summed E-state index contributed by atoms with van der Waals surface area (Å²) >= 11 is 0. The number of aromatic nitrogens is 3. The average Bonchev–Trinajstić information content (AvgIpc) is 2.68. The Balaban J connectivity index is 1.58. The standard InChI is InChI=1S/C19H17N5O2/c1-13(25)15-4-6-16(7-5-15)24-19(26)17-11-23-18(12-21-17)22-10-14-3-2-8-20-9-14/h2-9,11-12H,10H2,1H3,(H,22,23)(H,24,26). The van der Waals surface area contributed by atoms with Gasteiger partial charge in [0, 0.05) is 30.2 Å². The molecule has 0 spiro atoms. The lowest BCUT2D eigenvalue weighted by atomic mass is 10.1. The van der Waals surface area contributed by atoms with Crippen LogP contribution in [-0.2, 0) is 6.54 Å². The van der Waals surface area contributed by atoms with Crippen molar-refractivity contribution < 1.29 is 9.59 Å². The minimum absolute atomic E-state index is 0.0249.